The van der Waals surface area contributed by atoms with Gasteiger partial charge in [0.15, 0.2) is 62.6 Å². The van der Waals surface area contributed by atoms with Crippen molar-refractivity contribution in [2.45, 2.75) is 178 Å². The third-order valence-electron chi connectivity index (χ3n) is 17.1. The van der Waals surface area contributed by atoms with Crippen LogP contribution < -0.4 is 0 Å². The standard InChI is InChI=1S/C64H82N8O8S4/c1-9-17-21-41(13-5)37-81(73,74)45-25-29-49-53(33-45)61-65-57(49)70-62-55-35-47(83(77,78)39-43(15-7)23-19-11-3)27-31-51(55)59(67-62)72-64-56-36-48(84(79,80)40-44(16-8)24-20-12-4)28-32-52(56)60(68-64)71-63-54-34-46(26-30-50(54)58(66-63)69-61)82(75,76)38-42(14-6)22-18-10-2/h25-36,41-44H,9-24,37-40H2,1-8H3,(H2,65,66,67,68,69,70,71,72). The molecule has 2 aliphatic heterocycles. The first-order chi connectivity index (χ1) is 40.2. The lowest BCUT2D eigenvalue weighted by Crippen LogP contribution is -2.16. The van der Waals surface area contributed by atoms with Crippen LogP contribution in [0.15, 0.2) is 92.4 Å². The number of benzene rings is 4. The number of unbranched alkanes of at least 4 members (excludes halogenated alkanes) is 4. The van der Waals surface area contributed by atoms with Gasteiger partial charge in [-0.05, 0) is 122 Å². The van der Waals surface area contributed by atoms with Gasteiger partial charge < -0.3 is 9.97 Å². The number of hydrogen-bond acceptors (Lipinski definition) is 14. The van der Waals surface area contributed by atoms with Crippen LogP contribution in [0.1, 0.15) is 158 Å². The number of H-pyrrole nitrogens is 2. The van der Waals surface area contributed by atoms with Gasteiger partial charge >= 0.3 is 0 Å². The van der Waals surface area contributed by atoms with Crippen molar-refractivity contribution in [3.63, 3.8) is 0 Å². The van der Waals surface area contributed by atoms with E-state index in [-0.39, 0.29) is 112 Å². The van der Waals surface area contributed by atoms with Crippen LogP contribution in [-0.4, -0.2) is 96.6 Å². The summed E-state index contributed by atoms with van der Waals surface area (Å²) in [6.07, 6.45) is 13.4. The van der Waals surface area contributed by atoms with Gasteiger partial charge in [-0.15, -0.1) is 0 Å². The van der Waals surface area contributed by atoms with Gasteiger partial charge in [0, 0.05) is 43.8 Å². The maximum atomic E-state index is 14.4. The van der Waals surface area contributed by atoms with Gasteiger partial charge in [0.25, 0.3) is 0 Å². The Hall–Kier alpha value is -5.96. The van der Waals surface area contributed by atoms with Gasteiger partial charge in [-0.25, -0.2) is 63.6 Å². The SMILES string of the molecule is CCCCC(CC)CS(=O)(=O)c1ccc2c(c1)-c1nc-2nc2[nH]c(nc3nc(nc4[nH]c(n1)c1ccc(S(=O)(=O)CC(CC)CCCC)cc41)-c1ccc(S(=O)(=O)CC(CC)CCCC)cc1-3)c1ccc(S(=O)(=O)CC(CC)CCCC)cc21. The molecule has 450 valence electrons. The largest absolute Gasteiger partial charge is 0.324 e. The molecule has 2 N–H and O–H groups in total. The van der Waals surface area contributed by atoms with Gasteiger partial charge in [0.1, 0.15) is 22.6 Å². The minimum atomic E-state index is -3.82. The van der Waals surface area contributed by atoms with Crippen molar-refractivity contribution < 1.29 is 33.7 Å². The molecule has 4 atom stereocenters. The minimum Gasteiger partial charge on any atom is -0.324 e. The first-order valence-electron chi connectivity index (χ1n) is 30.5. The number of fused-ring (bicyclic) bond motifs is 20. The molecule has 0 aliphatic carbocycles. The summed E-state index contributed by atoms with van der Waals surface area (Å²) >= 11 is 0. The van der Waals surface area contributed by atoms with Crippen LogP contribution in [0.2, 0.25) is 0 Å². The predicted octanol–water partition coefficient (Wildman–Crippen LogP) is 14.8. The fourth-order valence-electron chi connectivity index (χ4n) is 11.7. The van der Waals surface area contributed by atoms with E-state index in [2.05, 4.69) is 37.7 Å². The maximum Gasteiger partial charge on any atom is 0.178 e. The van der Waals surface area contributed by atoms with Gasteiger partial charge in [-0.3, -0.25) is 0 Å². The molecule has 4 aromatic carbocycles. The zero-order chi connectivity index (χ0) is 60.1. The van der Waals surface area contributed by atoms with Crippen LogP contribution in [0, 0.1) is 23.7 Å². The highest BCUT2D eigenvalue weighted by molar-refractivity contribution is 7.92. The highest BCUT2D eigenvalue weighted by atomic mass is 32.2. The summed E-state index contributed by atoms with van der Waals surface area (Å²) in [5, 5.41) is 1.81. The topological polar surface area (TPSA) is 245 Å². The number of aromatic nitrogens is 8. The molecule has 0 saturated heterocycles. The molecule has 9 rings (SSSR count). The Morgan fingerprint density at radius 2 is 0.583 bits per heavy atom. The lowest BCUT2D eigenvalue weighted by molar-refractivity contribution is 0.483. The van der Waals surface area contributed by atoms with Gasteiger partial charge in [-0.2, -0.15) is 0 Å². The fraction of sp³-hybridized carbons (Fsp3) is 0.500. The first-order valence-corrected chi connectivity index (χ1v) is 37.1. The normalized spacial score (nSPS) is 14.4. The highest BCUT2D eigenvalue weighted by Gasteiger charge is 2.30. The van der Waals surface area contributed by atoms with E-state index in [0.717, 1.165) is 77.0 Å². The Balaban J connectivity index is 1.35. The maximum absolute atomic E-state index is 14.4. The monoisotopic (exact) mass is 1220 g/mol. The van der Waals surface area contributed by atoms with Crippen LogP contribution in [-0.2, 0) is 39.3 Å². The summed E-state index contributed by atoms with van der Waals surface area (Å²) in [6.45, 7) is 16.4. The molecular formula is C64H82N8O8S4. The Morgan fingerprint density at radius 3 is 0.869 bits per heavy atom. The Kier molecular flexibility index (Phi) is 19.6. The molecule has 0 amide bonds. The number of rotatable bonds is 28. The van der Waals surface area contributed by atoms with E-state index in [9.17, 15) is 33.7 Å². The van der Waals surface area contributed by atoms with E-state index < -0.39 is 39.3 Å². The van der Waals surface area contributed by atoms with Crippen molar-refractivity contribution in [1.29, 1.82) is 0 Å². The summed E-state index contributed by atoms with van der Waals surface area (Å²) in [6, 6.07) is 19.4. The number of sulfone groups is 4. The van der Waals surface area contributed by atoms with Crippen molar-refractivity contribution in [1.82, 2.24) is 39.9 Å². The Morgan fingerprint density at radius 1 is 0.321 bits per heavy atom. The van der Waals surface area contributed by atoms with E-state index in [4.69, 9.17) is 29.9 Å². The van der Waals surface area contributed by atoms with Gasteiger partial charge in [0.2, 0.25) is 0 Å². The molecule has 7 aromatic rings. The number of aromatic amines is 2. The summed E-state index contributed by atoms with van der Waals surface area (Å²) in [7, 11) is -15.3. The number of hydrogen-bond donors (Lipinski definition) is 2. The average Bonchev–Trinajstić information content (AvgIpc) is 3.73. The van der Waals surface area contributed by atoms with Crippen LogP contribution in [0.4, 0.5) is 0 Å². The smallest absolute Gasteiger partial charge is 0.178 e. The van der Waals surface area contributed by atoms with E-state index >= 15 is 0 Å². The van der Waals surface area contributed by atoms with E-state index in [1.807, 2.05) is 27.7 Å². The van der Waals surface area contributed by atoms with Crippen molar-refractivity contribution in [3.05, 3.63) is 72.8 Å². The van der Waals surface area contributed by atoms with Crippen LogP contribution >= 0.6 is 0 Å². The molecule has 84 heavy (non-hydrogen) atoms. The lowest BCUT2D eigenvalue weighted by atomic mass is 10.0. The van der Waals surface area contributed by atoms with Crippen LogP contribution in [0.25, 0.3) is 89.7 Å². The van der Waals surface area contributed by atoms with Crippen molar-refractivity contribution >= 4 is 83.5 Å². The van der Waals surface area contributed by atoms with Gasteiger partial charge in [-0.1, -0.05) is 132 Å². The predicted molar refractivity (Wildman–Crippen MR) is 337 cm³/mol. The van der Waals surface area contributed by atoms with Crippen LogP contribution in [0.5, 0.6) is 0 Å². The zero-order valence-corrected chi connectivity index (χ0v) is 53.2. The zero-order valence-electron chi connectivity index (χ0n) is 50.0. The van der Waals surface area contributed by atoms with E-state index in [0.29, 0.717) is 69.5 Å². The summed E-state index contributed by atoms with van der Waals surface area (Å²) in [5.74, 6) is 0.247. The molecule has 0 saturated carbocycles. The number of nitrogens with zero attached hydrogens (tertiary/aromatic N) is 6. The molecular weight excluding hydrogens is 1140 g/mol. The molecule has 5 heterocycles. The van der Waals surface area contributed by atoms with Crippen molar-refractivity contribution in [2.24, 2.45) is 23.7 Å². The molecule has 4 unspecified atom stereocenters. The quantitative estimate of drug-likeness (QED) is 0.0463. The molecule has 0 radical (unpaired) electrons. The second-order valence-corrected chi connectivity index (χ2v) is 31.4. The average molecular weight is 1220 g/mol. The fourth-order valence-corrected chi connectivity index (χ4v) is 18.9. The van der Waals surface area contributed by atoms with Crippen molar-refractivity contribution in [2.75, 3.05) is 23.0 Å². The Bertz CT molecular complexity index is 3950. The molecule has 16 nitrogen and oxygen atoms in total. The first kappa shape index (κ1) is 62.6. The van der Waals surface area contributed by atoms with Crippen molar-refractivity contribution in [3.8, 4) is 45.6 Å². The number of nitrogens with one attached hydrogen (secondary N) is 2. The molecule has 2 aliphatic rings. The molecule has 0 spiro atoms. The molecule has 3 aromatic heterocycles. The summed E-state index contributed by atoms with van der Waals surface area (Å²) < 4.78 is 115. The minimum absolute atomic E-state index is 0.0328. The summed E-state index contributed by atoms with van der Waals surface area (Å²) in [5.41, 5.74) is 2.60. The second-order valence-electron chi connectivity index (χ2n) is 23.2. The van der Waals surface area contributed by atoms with E-state index in [1.54, 1.807) is 72.8 Å². The van der Waals surface area contributed by atoms with Crippen LogP contribution in [0.3, 0.4) is 0 Å². The highest BCUT2D eigenvalue weighted by Crippen LogP contribution is 2.41. The molecule has 0 fully saturated rings. The third-order valence-corrected chi connectivity index (χ3v) is 24.7. The van der Waals surface area contributed by atoms with E-state index in [1.165, 1.54) is 0 Å². The third kappa shape index (κ3) is 13.5. The summed E-state index contributed by atoms with van der Waals surface area (Å²) in [4.78, 5) is 37.8. The molecule has 8 bridgehead atoms. The van der Waals surface area contributed by atoms with Gasteiger partial charge in [0.05, 0.1) is 42.6 Å². The second kappa shape index (κ2) is 26.3. The lowest BCUT2D eigenvalue weighted by Gasteiger charge is -2.15. The molecule has 20 heteroatoms. The Labute approximate surface area is 496 Å².